The molecule has 164 valence electrons. The topological polar surface area (TPSA) is 52.1 Å². The molecule has 0 amide bonds. The molecule has 2 atom stereocenters. The molecule has 0 aliphatic carbocycles. The Bertz CT molecular complexity index is 648. The lowest BCUT2D eigenvalue weighted by Crippen LogP contribution is -2.46. The van der Waals surface area contributed by atoms with Crippen LogP contribution in [0.1, 0.15) is 33.3 Å². The predicted octanol–water partition coefficient (Wildman–Crippen LogP) is 2.93. The fourth-order valence-electron chi connectivity index (χ4n) is 4.03. The number of nitrogens with zero attached hydrogens (tertiary/aromatic N) is 3. The van der Waals surface area contributed by atoms with Crippen LogP contribution >= 0.6 is 24.0 Å². The van der Waals surface area contributed by atoms with E-state index in [0.717, 1.165) is 51.9 Å². The Morgan fingerprint density at radius 3 is 2.59 bits per heavy atom. The van der Waals surface area contributed by atoms with Crippen LogP contribution in [0.5, 0.6) is 0 Å². The number of benzene rings is 1. The summed E-state index contributed by atoms with van der Waals surface area (Å²) in [5.41, 5.74) is 2.55. The first-order valence-corrected chi connectivity index (χ1v) is 10.8. The third kappa shape index (κ3) is 6.72. The number of hydrogen-bond donors (Lipinski definition) is 2. The SMILES string of the molecule is CCNC(=NCc1ccccc1N1CCOCC1)NC1CN(C(C)C)CC1C.I. The van der Waals surface area contributed by atoms with Crippen molar-refractivity contribution in [3.8, 4) is 0 Å². The summed E-state index contributed by atoms with van der Waals surface area (Å²) in [5.74, 6) is 1.54. The van der Waals surface area contributed by atoms with Crippen LogP contribution in [0, 0.1) is 5.92 Å². The summed E-state index contributed by atoms with van der Waals surface area (Å²) in [6, 6.07) is 9.65. The Balaban J connectivity index is 0.00000300. The average molecular weight is 515 g/mol. The lowest BCUT2D eigenvalue weighted by atomic mass is 10.1. The zero-order valence-corrected chi connectivity index (χ0v) is 20.7. The van der Waals surface area contributed by atoms with Crippen molar-refractivity contribution in [3.05, 3.63) is 29.8 Å². The van der Waals surface area contributed by atoms with E-state index in [4.69, 9.17) is 9.73 Å². The van der Waals surface area contributed by atoms with Crippen molar-refractivity contribution in [3.63, 3.8) is 0 Å². The fraction of sp³-hybridized carbons (Fsp3) is 0.682. The molecule has 2 saturated heterocycles. The molecule has 2 fully saturated rings. The Kier molecular flexibility index (Phi) is 9.98. The van der Waals surface area contributed by atoms with E-state index in [-0.39, 0.29) is 24.0 Å². The van der Waals surface area contributed by atoms with Gasteiger partial charge in [-0.25, -0.2) is 4.99 Å². The highest BCUT2D eigenvalue weighted by Crippen LogP contribution is 2.22. The molecule has 1 aromatic rings. The second kappa shape index (κ2) is 12.0. The maximum Gasteiger partial charge on any atom is 0.191 e. The molecule has 0 aromatic heterocycles. The highest BCUT2D eigenvalue weighted by atomic mass is 127. The minimum atomic E-state index is 0. The first-order valence-electron chi connectivity index (χ1n) is 10.8. The molecule has 7 heteroatoms. The van der Waals surface area contributed by atoms with E-state index in [1.54, 1.807) is 0 Å². The van der Waals surface area contributed by atoms with Crippen molar-refractivity contribution in [2.24, 2.45) is 10.9 Å². The van der Waals surface area contributed by atoms with Crippen molar-refractivity contribution in [1.82, 2.24) is 15.5 Å². The van der Waals surface area contributed by atoms with Gasteiger partial charge >= 0.3 is 0 Å². The van der Waals surface area contributed by atoms with Crippen LogP contribution in [0.15, 0.2) is 29.3 Å². The Labute approximate surface area is 193 Å². The maximum absolute atomic E-state index is 5.51. The fourth-order valence-corrected chi connectivity index (χ4v) is 4.03. The van der Waals surface area contributed by atoms with Crippen molar-refractivity contribution < 1.29 is 4.74 Å². The normalized spacial score (nSPS) is 23.2. The van der Waals surface area contributed by atoms with Crippen LogP contribution in [0.25, 0.3) is 0 Å². The molecular formula is C22H38IN5O. The van der Waals surface area contributed by atoms with Crippen molar-refractivity contribution >= 4 is 35.6 Å². The van der Waals surface area contributed by atoms with E-state index >= 15 is 0 Å². The first-order chi connectivity index (χ1) is 13.6. The number of anilines is 1. The number of nitrogens with one attached hydrogen (secondary N) is 2. The lowest BCUT2D eigenvalue weighted by molar-refractivity contribution is 0.122. The molecule has 6 nitrogen and oxygen atoms in total. The summed E-state index contributed by atoms with van der Waals surface area (Å²) in [5, 5.41) is 7.11. The molecular weight excluding hydrogens is 477 g/mol. The van der Waals surface area contributed by atoms with Crippen molar-refractivity contribution in [1.29, 1.82) is 0 Å². The van der Waals surface area contributed by atoms with E-state index in [1.165, 1.54) is 11.3 Å². The average Bonchev–Trinajstić information content (AvgIpc) is 3.08. The van der Waals surface area contributed by atoms with Gasteiger partial charge in [0.2, 0.25) is 0 Å². The molecule has 0 bridgehead atoms. The maximum atomic E-state index is 5.51. The van der Waals surface area contributed by atoms with E-state index < -0.39 is 0 Å². The van der Waals surface area contributed by atoms with Gasteiger partial charge in [-0.05, 0) is 38.3 Å². The van der Waals surface area contributed by atoms with Gasteiger partial charge in [0.05, 0.1) is 19.8 Å². The number of para-hydroxylation sites is 1. The predicted molar refractivity (Wildman–Crippen MR) is 133 cm³/mol. The number of guanidine groups is 1. The van der Waals surface area contributed by atoms with Gasteiger partial charge in [-0.15, -0.1) is 24.0 Å². The summed E-state index contributed by atoms with van der Waals surface area (Å²) in [6.45, 7) is 16.3. The van der Waals surface area contributed by atoms with Crippen LogP contribution in [-0.2, 0) is 11.3 Å². The van der Waals surface area contributed by atoms with Crippen LogP contribution in [-0.4, -0.2) is 68.9 Å². The highest BCUT2D eigenvalue weighted by Gasteiger charge is 2.31. The molecule has 3 rings (SSSR count). The molecule has 2 aliphatic heterocycles. The quantitative estimate of drug-likeness (QED) is 0.347. The van der Waals surface area contributed by atoms with E-state index in [1.807, 2.05) is 0 Å². The van der Waals surface area contributed by atoms with Gasteiger partial charge in [0.1, 0.15) is 0 Å². The monoisotopic (exact) mass is 515 g/mol. The molecule has 2 N–H and O–H groups in total. The first kappa shape index (κ1) is 24.2. The van der Waals surface area contributed by atoms with Gasteiger partial charge < -0.3 is 20.3 Å². The molecule has 0 saturated carbocycles. The lowest BCUT2D eigenvalue weighted by Gasteiger charge is -2.30. The molecule has 29 heavy (non-hydrogen) atoms. The third-order valence-electron chi connectivity index (χ3n) is 5.79. The summed E-state index contributed by atoms with van der Waals surface area (Å²) in [4.78, 5) is 9.88. The summed E-state index contributed by atoms with van der Waals surface area (Å²) < 4.78 is 5.51. The second-order valence-electron chi connectivity index (χ2n) is 8.20. The van der Waals surface area contributed by atoms with E-state index in [0.29, 0.717) is 24.5 Å². The number of hydrogen-bond acceptors (Lipinski definition) is 4. The van der Waals surface area contributed by atoms with Gasteiger partial charge in [0.25, 0.3) is 0 Å². The third-order valence-corrected chi connectivity index (χ3v) is 5.79. The van der Waals surface area contributed by atoms with Gasteiger partial charge in [-0.2, -0.15) is 0 Å². The smallest absolute Gasteiger partial charge is 0.191 e. The van der Waals surface area contributed by atoms with Crippen LogP contribution in [0.2, 0.25) is 0 Å². The molecule has 2 heterocycles. The van der Waals surface area contributed by atoms with Crippen LogP contribution < -0.4 is 15.5 Å². The zero-order chi connectivity index (χ0) is 19.9. The summed E-state index contributed by atoms with van der Waals surface area (Å²) >= 11 is 0. The molecule has 2 aliphatic rings. The molecule has 0 spiro atoms. The highest BCUT2D eigenvalue weighted by molar-refractivity contribution is 14.0. The Morgan fingerprint density at radius 1 is 1.21 bits per heavy atom. The Morgan fingerprint density at radius 2 is 1.93 bits per heavy atom. The number of likely N-dealkylation sites (tertiary alicyclic amines) is 1. The number of ether oxygens (including phenoxy) is 1. The van der Waals surface area contributed by atoms with Gasteiger partial charge in [-0.3, -0.25) is 4.90 Å². The number of aliphatic imine (C=N–C) groups is 1. The molecule has 0 radical (unpaired) electrons. The van der Waals surface area contributed by atoms with E-state index in [2.05, 4.69) is 72.4 Å². The molecule has 1 aromatic carbocycles. The van der Waals surface area contributed by atoms with Gasteiger partial charge in [0, 0.05) is 50.5 Å². The number of rotatable bonds is 6. The summed E-state index contributed by atoms with van der Waals surface area (Å²) in [6.07, 6.45) is 0. The Hall–Kier alpha value is -1.06. The standard InChI is InChI=1S/C22H37N5O.HI/c1-5-23-22(25-20-16-27(17(2)3)15-18(20)4)24-14-19-8-6-7-9-21(19)26-10-12-28-13-11-26;/h6-9,17-18,20H,5,10-16H2,1-4H3,(H2,23,24,25);1H. The van der Waals surface area contributed by atoms with Crippen molar-refractivity contribution in [2.75, 3.05) is 50.8 Å². The second-order valence-corrected chi connectivity index (χ2v) is 8.20. The minimum Gasteiger partial charge on any atom is -0.378 e. The summed E-state index contributed by atoms with van der Waals surface area (Å²) in [7, 11) is 0. The zero-order valence-electron chi connectivity index (χ0n) is 18.4. The van der Waals surface area contributed by atoms with Gasteiger partial charge in [-0.1, -0.05) is 25.1 Å². The largest absolute Gasteiger partial charge is 0.378 e. The van der Waals surface area contributed by atoms with Crippen LogP contribution in [0.4, 0.5) is 5.69 Å². The van der Waals surface area contributed by atoms with Crippen LogP contribution in [0.3, 0.4) is 0 Å². The van der Waals surface area contributed by atoms with E-state index in [9.17, 15) is 0 Å². The van der Waals surface area contributed by atoms with Gasteiger partial charge in [0.15, 0.2) is 5.96 Å². The van der Waals surface area contributed by atoms with Crippen molar-refractivity contribution in [2.45, 2.75) is 46.3 Å². The molecule has 2 unspecified atom stereocenters. The minimum absolute atomic E-state index is 0. The number of halogens is 1. The number of morpholine rings is 1.